The van der Waals surface area contributed by atoms with Gasteiger partial charge in [0.05, 0.1) is 16.6 Å². The number of hydrogen-bond donors (Lipinski definition) is 3. The molecule has 0 fully saturated rings. The molecule has 1 aromatic rings. The van der Waals surface area contributed by atoms with Crippen molar-refractivity contribution in [2.24, 2.45) is 11.7 Å². The minimum Gasteiger partial charge on any atom is -0.355 e. The first kappa shape index (κ1) is 15.5. The number of rotatable bonds is 4. The van der Waals surface area contributed by atoms with Gasteiger partial charge in [0, 0.05) is 12.7 Å². The SMILES string of the molecule is CNC(=O)c1ccc(NC(=O)[C@@H](N)C(C)C)cc1Cl. The Morgan fingerprint density at radius 1 is 1.32 bits per heavy atom. The van der Waals surface area contributed by atoms with E-state index in [0.717, 1.165) is 0 Å². The van der Waals surface area contributed by atoms with Gasteiger partial charge in [-0.2, -0.15) is 0 Å². The molecule has 1 rings (SSSR count). The van der Waals surface area contributed by atoms with Gasteiger partial charge in [-0.3, -0.25) is 9.59 Å². The second-order valence-electron chi connectivity index (χ2n) is 4.53. The summed E-state index contributed by atoms with van der Waals surface area (Å²) >= 11 is 5.99. The summed E-state index contributed by atoms with van der Waals surface area (Å²) in [5.74, 6) is -0.513. The number of halogens is 1. The van der Waals surface area contributed by atoms with Crippen LogP contribution in [-0.2, 0) is 4.79 Å². The maximum Gasteiger partial charge on any atom is 0.252 e. The van der Waals surface area contributed by atoms with Crippen molar-refractivity contribution in [3.63, 3.8) is 0 Å². The van der Waals surface area contributed by atoms with E-state index in [1.165, 1.54) is 13.1 Å². The monoisotopic (exact) mass is 283 g/mol. The molecule has 104 valence electrons. The van der Waals surface area contributed by atoms with E-state index in [1.54, 1.807) is 12.1 Å². The topological polar surface area (TPSA) is 84.2 Å². The van der Waals surface area contributed by atoms with Crippen molar-refractivity contribution in [1.29, 1.82) is 0 Å². The highest BCUT2D eigenvalue weighted by Crippen LogP contribution is 2.21. The Morgan fingerprint density at radius 3 is 2.42 bits per heavy atom. The summed E-state index contributed by atoms with van der Waals surface area (Å²) in [6.45, 7) is 3.73. The smallest absolute Gasteiger partial charge is 0.252 e. The number of hydrogen-bond acceptors (Lipinski definition) is 3. The largest absolute Gasteiger partial charge is 0.355 e. The van der Waals surface area contributed by atoms with Gasteiger partial charge in [0.2, 0.25) is 5.91 Å². The Hall–Kier alpha value is -1.59. The van der Waals surface area contributed by atoms with Crippen LogP contribution in [-0.4, -0.2) is 24.9 Å². The third-order valence-electron chi connectivity index (χ3n) is 2.73. The minimum absolute atomic E-state index is 0.0422. The quantitative estimate of drug-likeness (QED) is 0.785. The molecule has 0 aliphatic heterocycles. The molecule has 4 N–H and O–H groups in total. The number of nitrogens with two attached hydrogens (primary N) is 1. The van der Waals surface area contributed by atoms with Crippen LogP contribution in [0.25, 0.3) is 0 Å². The number of carbonyl (C=O) groups is 2. The van der Waals surface area contributed by atoms with Gasteiger partial charge in [-0.25, -0.2) is 0 Å². The van der Waals surface area contributed by atoms with Gasteiger partial charge in [-0.15, -0.1) is 0 Å². The molecule has 0 saturated carbocycles. The maximum atomic E-state index is 11.8. The van der Waals surface area contributed by atoms with Gasteiger partial charge in [0.15, 0.2) is 0 Å². The maximum absolute atomic E-state index is 11.8. The molecule has 0 spiro atoms. The van der Waals surface area contributed by atoms with Crippen molar-refractivity contribution < 1.29 is 9.59 Å². The predicted molar refractivity (Wildman–Crippen MR) is 76.3 cm³/mol. The summed E-state index contributed by atoms with van der Waals surface area (Å²) in [6.07, 6.45) is 0. The molecule has 5 nitrogen and oxygen atoms in total. The van der Waals surface area contributed by atoms with Crippen molar-refractivity contribution in [1.82, 2.24) is 5.32 Å². The normalized spacial score (nSPS) is 12.1. The highest BCUT2D eigenvalue weighted by atomic mass is 35.5. The fraction of sp³-hybridized carbons (Fsp3) is 0.385. The molecule has 0 unspecified atom stereocenters. The summed E-state index contributed by atoms with van der Waals surface area (Å²) < 4.78 is 0. The number of benzene rings is 1. The van der Waals surface area contributed by atoms with Gasteiger partial charge < -0.3 is 16.4 Å². The lowest BCUT2D eigenvalue weighted by Crippen LogP contribution is -2.39. The van der Waals surface area contributed by atoms with Crippen LogP contribution in [0, 0.1) is 5.92 Å². The molecule has 19 heavy (non-hydrogen) atoms. The van der Waals surface area contributed by atoms with E-state index in [4.69, 9.17) is 17.3 Å². The van der Waals surface area contributed by atoms with Crippen LogP contribution in [0.5, 0.6) is 0 Å². The Balaban J connectivity index is 2.85. The van der Waals surface area contributed by atoms with Crippen LogP contribution >= 0.6 is 11.6 Å². The molecule has 0 aromatic heterocycles. The highest BCUT2D eigenvalue weighted by molar-refractivity contribution is 6.34. The van der Waals surface area contributed by atoms with Gasteiger partial charge in [0.1, 0.15) is 0 Å². The summed E-state index contributed by atoms with van der Waals surface area (Å²) in [5, 5.41) is 5.43. The lowest BCUT2D eigenvalue weighted by atomic mass is 10.0. The number of nitrogens with one attached hydrogen (secondary N) is 2. The van der Waals surface area contributed by atoms with Crippen molar-refractivity contribution in [3.8, 4) is 0 Å². The molecule has 0 aliphatic carbocycles. The van der Waals surface area contributed by atoms with Crippen molar-refractivity contribution in [2.45, 2.75) is 19.9 Å². The fourth-order valence-corrected chi connectivity index (χ4v) is 1.71. The molecule has 6 heteroatoms. The van der Waals surface area contributed by atoms with Crippen LogP contribution < -0.4 is 16.4 Å². The summed E-state index contributed by atoms with van der Waals surface area (Å²) in [6, 6.07) is 4.10. The third kappa shape index (κ3) is 3.94. The molecular formula is C13H18ClN3O2. The van der Waals surface area contributed by atoms with E-state index < -0.39 is 6.04 Å². The summed E-state index contributed by atoms with van der Waals surface area (Å²) in [5.41, 5.74) is 6.61. The van der Waals surface area contributed by atoms with Gasteiger partial charge in [-0.1, -0.05) is 25.4 Å². The van der Waals surface area contributed by atoms with E-state index in [2.05, 4.69) is 10.6 Å². The van der Waals surface area contributed by atoms with Crippen molar-refractivity contribution >= 4 is 29.1 Å². The first-order valence-corrected chi connectivity index (χ1v) is 6.32. The zero-order chi connectivity index (χ0) is 14.6. The first-order chi connectivity index (χ1) is 8.86. The molecule has 0 radical (unpaired) electrons. The Morgan fingerprint density at radius 2 is 1.95 bits per heavy atom. The second kappa shape index (κ2) is 6.54. The van der Waals surface area contributed by atoms with Crippen LogP contribution in [0.3, 0.4) is 0 Å². The van der Waals surface area contributed by atoms with Crippen LogP contribution in [0.2, 0.25) is 5.02 Å². The average Bonchev–Trinajstić information content (AvgIpc) is 2.36. The zero-order valence-corrected chi connectivity index (χ0v) is 11.9. The lowest BCUT2D eigenvalue weighted by molar-refractivity contribution is -0.118. The van der Waals surface area contributed by atoms with Gasteiger partial charge in [0.25, 0.3) is 5.91 Å². The fourth-order valence-electron chi connectivity index (χ4n) is 1.44. The molecule has 0 saturated heterocycles. The molecule has 1 atom stereocenters. The standard InChI is InChI=1S/C13H18ClN3O2/c1-7(2)11(15)13(19)17-8-4-5-9(10(14)6-8)12(18)16-3/h4-7,11H,15H2,1-3H3,(H,16,18)(H,17,19)/t11-/m0/s1. The van der Waals surface area contributed by atoms with Crippen LogP contribution in [0.4, 0.5) is 5.69 Å². The second-order valence-corrected chi connectivity index (χ2v) is 4.94. The van der Waals surface area contributed by atoms with Gasteiger partial charge in [-0.05, 0) is 24.1 Å². The van der Waals surface area contributed by atoms with E-state index >= 15 is 0 Å². The number of amides is 2. The Labute approximate surface area is 117 Å². The van der Waals surface area contributed by atoms with Crippen LogP contribution in [0.1, 0.15) is 24.2 Å². The zero-order valence-electron chi connectivity index (χ0n) is 11.2. The third-order valence-corrected chi connectivity index (χ3v) is 3.04. The molecule has 2 amide bonds. The van der Waals surface area contributed by atoms with Gasteiger partial charge >= 0.3 is 0 Å². The first-order valence-electron chi connectivity index (χ1n) is 5.95. The van der Waals surface area contributed by atoms with E-state index in [-0.39, 0.29) is 22.8 Å². The lowest BCUT2D eigenvalue weighted by Gasteiger charge is -2.15. The summed E-state index contributed by atoms with van der Waals surface area (Å²) in [7, 11) is 1.52. The molecule has 0 heterocycles. The number of anilines is 1. The number of carbonyl (C=O) groups excluding carboxylic acids is 2. The summed E-state index contributed by atoms with van der Waals surface area (Å²) in [4.78, 5) is 23.2. The Kier molecular flexibility index (Phi) is 5.32. The minimum atomic E-state index is -0.586. The van der Waals surface area contributed by atoms with E-state index in [9.17, 15) is 9.59 Å². The van der Waals surface area contributed by atoms with E-state index in [1.807, 2.05) is 13.8 Å². The highest BCUT2D eigenvalue weighted by Gasteiger charge is 2.18. The van der Waals surface area contributed by atoms with Crippen molar-refractivity contribution in [2.75, 3.05) is 12.4 Å². The van der Waals surface area contributed by atoms with E-state index in [0.29, 0.717) is 11.3 Å². The molecular weight excluding hydrogens is 266 g/mol. The Bertz CT molecular complexity index is 489. The van der Waals surface area contributed by atoms with Crippen molar-refractivity contribution in [3.05, 3.63) is 28.8 Å². The predicted octanol–water partition coefficient (Wildman–Crippen LogP) is 1.62. The average molecular weight is 284 g/mol. The molecule has 1 aromatic carbocycles. The molecule has 0 aliphatic rings. The molecule has 0 bridgehead atoms. The van der Waals surface area contributed by atoms with Crippen LogP contribution in [0.15, 0.2) is 18.2 Å².